The second kappa shape index (κ2) is 49.7. The molecule has 3 N–H and O–H groups in total. The van der Waals surface area contributed by atoms with E-state index in [1.165, 1.54) is 141 Å². The van der Waals surface area contributed by atoms with Crippen molar-refractivity contribution in [3.63, 3.8) is 0 Å². The number of rotatable bonds is 56. The van der Waals surface area contributed by atoms with Gasteiger partial charge in [0.25, 0.3) is 11.8 Å². The zero-order valence-corrected chi connectivity index (χ0v) is 54.2. The molecule has 0 aromatic carbocycles. The lowest BCUT2D eigenvalue weighted by Crippen LogP contribution is -2.52. The third-order valence-corrected chi connectivity index (χ3v) is 17.9. The van der Waals surface area contributed by atoms with Crippen molar-refractivity contribution in [2.45, 2.75) is 266 Å². The molecule has 0 aliphatic rings. The molecule has 0 aliphatic carbocycles. The maximum absolute atomic E-state index is 13.8. The fourth-order valence-corrected chi connectivity index (χ4v) is 12.7. The van der Waals surface area contributed by atoms with E-state index in [0.29, 0.717) is 100 Å². The molecule has 0 radical (unpaired) electrons. The van der Waals surface area contributed by atoms with Crippen LogP contribution in [0.1, 0.15) is 248 Å². The summed E-state index contributed by atoms with van der Waals surface area (Å²) in [6.45, 7) is 18.7. The normalized spacial score (nSPS) is 12.7. The van der Waals surface area contributed by atoms with E-state index in [2.05, 4.69) is 29.8 Å². The number of nitrogens with zero attached hydrogens (tertiary/aromatic N) is 3. The monoisotopic (exact) mass is 1140 g/mol. The first-order valence-electron chi connectivity index (χ1n) is 32.4. The van der Waals surface area contributed by atoms with Crippen molar-refractivity contribution in [2.24, 2.45) is 0 Å². The Hall–Kier alpha value is -2.83. The maximum atomic E-state index is 13.8. The molecule has 0 heterocycles. The summed E-state index contributed by atoms with van der Waals surface area (Å²) in [7, 11) is 5.02. The summed E-state index contributed by atoms with van der Waals surface area (Å²) >= 11 is 0. The maximum Gasteiger partial charge on any atom is 0.500 e. The largest absolute Gasteiger partial charge is 0.500 e. The van der Waals surface area contributed by atoms with Crippen molar-refractivity contribution in [3.8, 4) is 0 Å². The van der Waals surface area contributed by atoms with Gasteiger partial charge in [-0.3, -0.25) is 9.59 Å². The number of hydrogen-bond acceptors (Lipinski definition) is 10. The van der Waals surface area contributed by atoms with Crippen molar-refractivity contribution >= 4 is 38.6 Å². The molecule has 0 rings (SSSR count). The molecular formula is C62H126N6O10Si+2. The Kier molecular flexibility index (Phi) is 48.0. The Morgan fingerprint density at radius 1 is 0.430 bits per heavy atom. The van der Waals surface area contributed by atoms with Gasteiger partial charge in [-0.1, -0.05) is 181 Å². The fraction of sp³-hybridized carbons (Fsp3) is 0.919. The molecule has 0 saturated heterocycles. The molecule has 0 aliphatic heterocycles. The standard InChI is InChI=1S/C62H124N6O10Si/c1-12-17-19-21-23-25-27-29-31-33-35-37-39-41-51-74-60(71)56(6)64-58(69)54-67(8,9)49-44-47-66(62(73)63-46-43-53-79(76-14-3,77-15-4)78-16-5)48-45-50-68(10,11)55-59(70)65-57(7)61(72)75-52-42-40-38-36-34-32-30-28-26-24-22-20-18-13-2/h56-57H,12-55H2,1-11H3,(H-2,63,64,65,69,70,73)/p+2/t56-,57-/m0/s1. The summed E-state index contributed by atoms with van der Waals surface area (Å²) < 4.78 is 29.8. The molecule has 0 fully saturated rings. The number of urea groups is 1. The molecule has 0 aromatic rings. The fourth-order valence-electron chi connectivity index (χ4n) is 10.1. The van der Waals surface area contributed by atoms with Gasteiger partial charge in [-0.05, 0) is 53.9 Å². The van der Waals surface area contributed by atoms with Crippen LogP contribution in [0.2, 0.25) is 6.04 Å². The van der Waals surface area contributed by atoms with Crippen LogP contribution in [0.4, 0.5) is 4.79 Å². The lowest BCUT2D eigenvalue weighted by Gasteiger charge is -2.32. The molecule has 0 spiro atoms. The number of ether oxygens (including phenoxy) is 2. The highest BCUT2D eigenvalue weighted by atomic mass is 28.4. The molecule has 2 atom stereocenters. The first-order valence-corrected chi connectivity index (χ1v) is 34.3. The lowest BCUT2D eigenvalue weighted by atomic mass is 10.0. The number of carbonyl (C=O) groups excluding carboxylic acids is 5. The molecular weight excluding hydrogens is 1020 g/mol. The first-order chi connectivity index (χ1) is 37.9. The minimum absolute atomic E-state index is 0.164. The Bertz CT molecular complexity index is 1420. The lowest BCUT2D eigenvalue weighted by molar-refractivity contribution is -0.882. The highest BCUT2D eigenvalue weighted by molar-refractivity contribution is 6.60. The Morgan fingerprint density at radius 2 is 0.734 bits per heavy atom. The van der Waals surface area contributed by atoms with E-state index >= 15 is 0 Å². The van der Waals surface area contributed by atoms with Crippen LogP contribution in [-0.4, -0.2) is 172 Å². The zero-order valence-electron chi connectivity index (χ0n) is 53.2. The zero-order chi connectivity index (χ0) is 58.9. The summed E-state index contributed by atoms with van der Waals surface area (Å²) in [5.74, 6) is -1.30. The molecule has 0 unspecified atom stereocenters. The van der Waals surface area contributed by atoms with E-state index in [1.54, 1.807) is 13.8 Å². The van der Waals surface area contributed by atoms with Gasteiger partial charge in [-0.15, -0.1) is 0 Å². The van der Waals surface area contributed by atoms with Gasteiger partial charge in [-0.2, -0.15) is 0 Å². The molecule has 16 nitrogen and oxygen atoms in total. The minimum Gasteiger partial charge on any atom is -0.464 e. The van der Waals surface area contributed by atoms with E-state index in [-0.39, 0.29) is 30.9 Å². The minimum atomic E-state index is -2.87. The highest BCUT2D eigenvalue weighted by Gasteiger charge is 2.39. The summed E-state index contributed by atoms with van der Waals surface area (Å²) in [5.41, 5.74) is 0. The van der Waals surface area contributed by atoms with Gasteiger partial charge in [-0.25, -0.2) is 14.4 Å². The molecule has 17 heteroatoms. The van der Waals surface area contributed by atoms with Gasteiger partial charge in [0.15, 0.2) is 13.1 Å². The average molecular weight is 1140 g/mol. The highest BCUT2D eigenvalue weighted by Crippen LogP contribution is 2.19. The van der Waals surface area contributed by atoms with Gasteiger partial charge in [0.05, 0.1) is 54.5 Å². The van der Waals surface area contributed by atoms with E-state index in [4.69, 9.17) is 22.8 Å². The third kappa shape index (κ3) is 44.4. The van der Waals surface area contributed by atoms with Gasteiger partial charge < -0.3 is 52.6 Å². The molecule has 79 heavy (non-hydrogen) atoms. The quantitative estimate of drug-likeness (QED) is 0.0230. The first kappa shape index (κ1) is 76.2. The second-order valence-corrected chi connectivity index (χ2v) is 26.5. The molecule has 0 bridgehead atoms. The molecule has 0 saturated carbocycles. The van der Waals surface area contributed by atoms with Crippen molar-refractivity contribution < 1.29 is 55.7 Å². The number of carbonyl (C=O) groups is 5. The van der Waals surface area contributed by atoms with E-state index in [0.717, 1.165) is 38.5 Å². The van der Waals surface area contributed by atoms with Crippen LogP contribution < -0.4 is 16.0 Å². The predicted molar refractivity (Wildman–Crippen MR) is 326 cm³/mol. The number of likely N-dealkylation sites (N-methyl/N-ethyl adjacent to an activating group) is 2. The van der Waals surface area contributed by atoms with Crippen LogP contribution >= 0.6 is 0 Å². The molecule has 4 amide bonds. The van der Waals surface area contributed by atoms with Crippen LogP contribution in [0, 0.1) is 0 Å². The summed E-state index contributed by atoms with van der Waals surface area (Å²) in [4.78, 5) is 67.5. The van der Waals surface area contributed by atoms with Gasteiger partial charge >= 0.3 is 26.8 Å². The van der Waals surface area contributed by atoms with Crippen LogP contribution in [0.25, 0.3) is 0 Å². The van der Waals surface area contributed by atoms with Gasteiger partial charge in [0.1, 0.15) is 12.1 Å². The van der Waals surface area contributed by atoms with E-state index < -0.39 is 32.8 Å². The number of quaternary nitrogens is 2. The van der Waals surface area contributed by atoms with Crippen LogP contribution in [0.5, 0.6) is 0 Å². The average Bonchev–Trinajstić information content (AvgIpc) is 3.39. The van der Waals surface area contributed by atoms with Crippen molar-refractivity contribution in [1.82, 2.24) is 20.9 Å². The van der Waals surface area contributed by atoms with Gasteiger partial charge in [0, 0.05) is 58.3 Å². The summed E-state index contributed by atoms with van der Waals surface area (Å²) in [6.07, 6.45) is 37.2. The Labute approximate surface area is 485 Å². The molecule has 466 valence electrons. The number of hydrogen-bond donors (Lipinski definition) is 3. The number of amides is 4. The summed E-state index contributed by atoms with van der Waals surface area (Å²) in [5, 5.41) is 8.78. The van der Waals surface area contributed by atoms with Crippen LogP contribution in [-0.2, 0) is 41.9 Å². The number of nitrogens with one attached hydrogen (secondary N) is 3. The topological polar surface area (TPSA) is 171 Å². The van der Waals surface area contributed by atoms with Crippen LogP contribution in [0.15, 0.2) is 0 Å². The SMILES string of the molecule is CCCCCCCCCCCCCCCCOC(=O)[C@H](C)NC(=O)C[N+](C)(C)CCCN(CCC[N+](C)(C)CC(=O)N[C@@H](C)C(=O)OCCCCCCCCCCCCCCCC)C(=O)NCCC[Si](OCC)(OCC)OCC. The number of esters is 2. The Balaban J connectivity index is 5.01. The smallest absolute Gasteiger partial charge is 0.464 e. The number of unbranched alkanes of at least 4 members (excludes halogenated alkanes) is 26. The summed E-state index contributed by atoms with van der Waals surface area (Å²) in [6, 6.07) is -1.10. The predicted octanol–water partition coefficient (Wildman–Crippen LogP) is 12.4. The van der Waals surface area contributed by atoms with Crippen molar-refractivity contribution in [1.29, 1.82) is 0 Å². The molecule has 0 aromatic heterocycles. The second-order valence-electron chi connectivity index (χ2n) is 23.8. The van der Waals surface area contributed by atoms with E-state index in [1.807, 2.05) is 53.9 Å². The van der Waals surface area contributed by atoms with Crippen molar-refractivity contribution in [3.05, 3.63) is 0 Å². The van der Waals surface area contributed by atoms with E-state index in [9.17, 15) is 24.0 Å². The van der Waals surface area contributed by atoms with Crippen LogP contribution in [0.3, 0.4) is 0 Å². The Morgan fingerprint density at radius 3 is 1.04 bits per heavy atom. The third-order valence-electron chi connectivity index (χ3n) is 14.8. The van der Waals surface area contributed by atoms with Crippen molar-refractivity contribution in [2.75, 3.05) is 107 Å². The van der Waals surface area contributed by atoms with Gasteiger partial charge in [0.2, 0.25) is 0 Å².